The fraction of sp³-hybridized carbons (Fsp3) is 0.154. The molecule has 0 aliphatic rings. The molecule has 0 aliphatic heterocycles. The first kappa shape index (κ1) is 13.4. The number of hydrogen-bond acceptors (Lipinski definition) is 4. The summed E-state index contributed by atoms with van der Waals surface area (Å²) >= 11 is 1.28. The molecule has 0 saturated heterocycles. The number of rotatable bonds is 3. The molecule has 0 saturated carbocycles. The van der Waals surface area contributed by atoms with Gasteiger partial charge in [-0.25, -0.2) is 9.78 Å². The van der Waals surface area contributed by atoms with Gasteiger partial charge in [0.05, 0.1) is 15.8 Å². The summed E-state index contributed by atoms with van der Waals surface area (Å²) < 4.78 is 0. The number of hydrogen-bond donors (Lipinski definition) is 2. The molecule has 5 nitrogen and oxygen atoms in total. The van der Waals surface area contributed by atoms with Crippen molar-refractivity contribution in [3.05, 3.63) is 36.4 Å². The van der Waals surface area contributed by atoms with E-state index in [1.165, 1.54) is 11.8 Å². The number of nitrogens with zero attached hydrogens (tertiary/aromatic N) is 1. The molecule has 1 unspecified atom stereocenters. The molecular formula is C13H13N3O2S. The van der Waals surface area contributed by atoms with E-state index < -0.39 is 17.2 Å². The average Bonchev–Trinajstić information content (AvgIpc) is 2.37. The molecule has 3 amide bonds. The number of pyridine rings is 1. The summed E-state index contributed by atoms with van der Waals surface area (Å²) in [5, 5.41) is 3.38. The molecule has 6 heteroatoms. The number of carbonyl (C=O) groups excluding carboxylic acids is 2. The summed E-state index contributed by atoms with van der Waals surface area (Å²) in [6, 6.07) is 10.7. The molecule has 0 bridgehead atoms. The number of thioether (sulfide) groups is 1. The Kier molecular flexibility index (Phi) is 4.01. The van der Waals surface area contributed by atoms with Gasteiger partial charge in [0.2, 0.25) is 5.91 Å². The summed E-state index contributed by atoms with van der Waals surface area (Å²) in [5.41, 5.74) is 5.77. The lowest BCUT2D eigenvalue weighted by Gasteiger charge is -2.09. The number of para-hydroxylation sites is 1. The Morgan fingerprint density at radius 2 is 2.00 bits per heavy atom. The lowest BCUT2D eigenvalue weighted by atomic mass is 10.2. The number of nitrogens with two attached hydrogens (primary N) is 1. The van der Waals surface area contributed by atoms with Crippen molar-refractivity contribution >= 4 is 34.6 Å². The minimum atomic E-state index is -0.844. The monoisotopic (exact) mass is 275 g/mol. The third-order valence-corrected chi connectivity index (χ3v) is 3.52. The third kappa shape index (κ3) is 3.45. The van der Waals surface area contributed by atoms with Gasteiger partial charge < -0.3 is 5.73 Å². The number of aromatic nitrogens is 1. The largest absolute Gasteiger partial charge is 0.351 e. The summed E-state index contributed by atoms with van der Waals surface area (Å²) in [6.07, 6.45) is 0. The topological polar surface area (TPSA) is 85.1 Å². The summed E-state index contributed by atoms with van der Waals surface area (Å²) in [7, 11) is 0. The van der Waals surface area contributed by atoms with E-state index in [4.69, 9.17) is 5.73 Å². The van der Waals surface area contributed by atoms with Crippen molar-refractivity contribution in [2.45, 2.75) is 17.2 Å². The fourth-order valence-electron chi connectivity index (χ4n) is 1.57. The van der Waals surface area contributed by atoms with E-state index in [1.54, 1.807) is 6.92 Å². The number of amides is 3. The fourth-order valence-corrected chi connectivity index (χ4v) is 2.40. The molecule has 1 atom stereocenters. The molecule has 2 aromatic rings. The molecule has 0 fully saturated rings. The van der Waals surface area contributed by atoms with Crippen LogP contribution in [0.25, 0.3) is 10.9 Å². The smallest absolute Gasteiger partial charge is 0.318 e. The van der Waals surface area contributed by atoms with E-state index in [0.29, 0.717) is 0 Å². The maximum Gasteiger partial charge on any atom is 0.318 e. The standard InChI is InChI=1S/C13H13N3O2S/c1-8(12(17)16-13(14)18)19-11-7-6-9-4-2-3-5-10(9)15-11/h2-8H,1H3,(H3,14,16,17,18). The first-order valence-electron chi connectivity index (χ1n) is 5.69. The van der Waals surface area contributed by atoms with Crippen molar-refractivity contribution < 1.29 is 9.59 Å². The highest BCUT2D eigenvalue weighted by molar-refractivity contribution is 8.00. The number of nitrogens with one attached hydrogen (secondary N) is 1. The predicted octanol–water partition coefficient (Wildman–Crippen LogP) is 1.91. The van der Waals surface area contributed by atoms with Gasteiger partial charge in [-0.2, -0.15) is 0 Å². The van der Waals surface area contributed by atoms with Crippen molar-refractivity contribution in [2.24, 2.45) is 5.73 Å². The van der Waals surface area contributed by atoms with Crippen molar-refractivity contribution in [1.29, 1.82) is 0 Å². The lowest BCUT2D eigenvalue weighted by molar-refractivity contribution is -0.119. The predicted molar refractivity (Wildman–Crippen MR) is 74.8 cm³/mol. The summed E-state index contributed by atoms with van der Waals surface area (Å²) in [4.78, 5) is 26.6. The Balaban J connectivity index is 2.12. The van der Waals surface area contributed by atoms with Crippen LogP contribution in [0.1, 0.15) is 6.92 Å². The molecule has 2 rings (SSSR count). The van der Waals surface area contributed by atoms with Crippen LogP contribution in [0.15, 0.2) is 41.4 Å². The van der Waals surface area contributed by atoms with Crippen LogP contribution in [0.2, 0.25) is 0 Å². The van der Waals surface area contributed by atoms with Crippen LogP contribution in [-0.4, -0.2) is 22.2 Å². The van der Waals surface area contributed by atoms with E-state index in [2.05, 4.69) is 10.3 Å². The number of primary amides is 1. The minimum absolute atomic E-state index is 0.424. The van der Waals surface area contributed by atoms with Gasteiger partial charge in [0, 0.05) is 5.39 Å². The van der Waals surface area contributed by atoms with E-state index in [1.807, 2.05) is 36.4 Å². The average molecular weight is 275 g/mol. The third-order valence-electron chi connectivity index (χ3n) is 2.49. The quantitative estimate of drug-likeness (QED) is 0.838. The molecule has 98 valence electrons. The van der Waals surface area contributed by atoms with Gasteiger partial charge in [0.25, 0.3) is 0 Å². The van der Waals surface area contributed by atoms with E-state index in [0.717, 1.165) is 15.9 Å². The van der Waals surface area contributed by atoms with Crippen LogP contribution in [0.4, 0.5) is 4.79 Å². The second kappa shape index (κ2) is 5.71. The maximum absolute atomic E-state index is 11.6. The Morgan fingerprint density at radius 1 is 1.26 bits per heavy atom. The number of carbonyl (C=O) groups is 2. The Hall–Kier alpha value is -2.08. The normalized spacial score (nSPS) is 12.1. The van der Waals surface area contributed by atoms with Gasteiger partial charge in [0.1, 0.15) is 0 Å². The van der Waals surface area contributed by atoms with E-state index >= 15 is 0 Å². The van der Waals surface area contributed by atoms with E-state index in [9.17, 15) is 9.59 Å². The molecule has 1 aromatic carbocycles. The Bertz CT molecular complexity index is 630. The van der Waals surface area contributed by atoms with Gasteiger partial charge in [-0.15, -0.1) is 0 Å². The van der Waals surface area contributed by atoms with Crippen LogP contribution in [0, 0.1) is 0 Å². The van der Waals surface area contributed by atoms with Gasteiger partial charge in [-0.05, 0) is 19.1 Å². The second-order valence-corrected chi connectivity index (χ2v) is 5.32. The van der Waals surface area contributed by atoms with Gasteiger partial charge in [-0.1, -0.05) is 36.0 Å². The van der Waals surface area contributed by atoms with Gasteiger partial charge >= 0.3 is 6.03 Å². The number of benzene rings is 1. The zero-order chi connectivity index (χ0) is 13.8. The molecule has 19 heavy (non-hydrogen) atoms. The second-order valence-electron chi connectivity index (χ2n) is 3.96. The maximum atomic E-state index is 11.6. The van der Waals surface area contributed by atoms with Gasteiger partial charge in [0.15, 0.2) is 0 Å². The summed E-state index contributed by atoms with van der Waals surface area (Å²) in [5.74, 6) is -0.424. The van der Waals surface area contributed by atoms with Crippen LogP contribution >= 0.6 is 11.8 Å². The highest BCUT2D eigenvalue weighted by Gasteiger charge is 2.16. The summed E-state index contributed by atoms with van der Waals surface area (Å²) in [6.45, 7) is 1.69. The Labute approximate surface area is 114 Å². The highest BCUT2D eigenvalue weighted by atomic mass is 32.2. The number of imide groups is 1. The van der Waals surface area contributed by atoms with Crippen LogP contribution < -0.4 is 11.1 Å². The molecule has 0 spiro atoms. The molecule has 1 heterocycles. The van der Waals surface area contributed by atoms with Crippen molar-refractivity contribution in [3.8, 4) is 0 Å². The van der Waals surface area contributed by atoms with Crippen molar-refractivity contribution in [2.75, 3.05) is 0 Å². The van der Waals surface area contributed by atoms with Gasteiger partial charge in [-0.3, -0.25) is 10.1 Å². The first-order chi connectivity index (χ1) is 9.06. The van der Waals surface area contributed by atoms with Crippen LogP contribution in [-0.2, 0) is 4.79 Å². The van der Waals surface area contributed by atoms with Crippen molar-refractivity contribution in [1.82, 2.24) is 10.3 Å². The molecule has 1 aromatic heterocycles. The van der Waals surface area contributed by atoms with Crippen LogP contribution in [0.3, 0.4) is 0 Å². The highest BCUT2D eigenvalue weighted by Crippen LogP contribution is 2.23. The molecular weight excluding hydrogens is 262 g/mol. The number of urea groups is 1. The number of fused-ring (bicyclic) bond motifs is 1. The Morgan fingerprint density at radius 3 is 2.74 bits per heavy atom. The first-order valence-corrected chi connectivity index (χ1v) is 6.57. The zero-order valence-corrected chi connectivity index (χ0v) is 11.1. The lowest BCUT2D eigenvalue weighted by Crippen LogP contribution is -2.39. The minimum Gasteiger partial charge on any atom is -0.351 e. The van der Waals surface area contributed by atoms with Crippen molar-refractivity contribution in [3.63, 3.8) is 0 Å². The molecule has 0 aliphatic carbocycles. The molecule has 3 N–H and O–H groups in total. The zero-order valence-electron chi connectivity index (χ0n) is 10.3. The van der Waals surface area contributed by atoms with E-state index in [-0.39, 0.29) is 0 Å². The van der Waals surface area contributed by atoms with Crippen LogP contribution in [0.5, 0.6) is 0 Å². The SMILES string of the molecule is CC(Sc1ccc2ccccc2n1)C(=O)NC(N)=O. The molecule has 0 radical (unpaired) electrons.